The Labute approximate surface area is 163 Å². The lowest BCUT2D eigenvalue weighted by Crippen LogP contribution is -2.48. The lowest BCUT2D eigenvalue weighted by atomic mass is 10.1. The molecule has 0 aliphatic heterocycles. The molecule has 146 valence electrons. The van der Waals surface area contributed by atoms with Crippen LogP contribution in [0.1, 0.15) is 76.7 Å². The van der Waals surface area contributed by atoms with E-state index >= 15 is 0 Å². The van der Waals surface area contributed by atoms with Crippen LogP contribution in [0.15, 0.2) is 55.6 Å². The molecule has 0 unspecified atom stereocenters. The summed E-state index contributed by atoms with van der Waals surface area (Å²) in [5.74, 6) is 0. The molecule has 0 N–H and O–H groups in total. The van der Waals surface area contributed by atoms with Crippen LogP contribution in [-0.4, -0.2) is 24.1 Å². The fraction of sp³-hybridized carbons (Fsp3) is 0.600. The molecule has 1 aromatic carbocycles. The first-order valence-electron chi connectivity index (χ1n) is 10.9. The van der Waals surface area contributed by atoms with E-state index in [-0.39, 0.29) is 0 Å². The van der Waals surface area contributed by atoms with Crippen LogP contribution < -0.4 is 0 Å². The number of rotatable bonds is 17. The molecule has 0 bridgehead atoms. The molecule has 0 saturated heterocycles. The highest BCUT2D eigenvalue weighted by Gasteiger charge is 2.24. The Morgan fingerprint density at radius 1 is 0.731 bits per heavy atom. The zero-order valence-corrected chi connectivity index (χ0v) is 17.3. The van der Waals surface area contributed by atoms with Crippen molar-refractivity contribution in [1.82, 2.24) is 0 Å². The molecule has 1 aromatic rings. The van der Waals surface area contributed by atoms with Crippen LogP contribution in [-0.2, 0) is 6.54 Å². The average Bonchev–Trinajstić information content (AvgIpc) is 2.64. The summed E-state index contributed by atoms with van der Waals surface area (Å²) in [4.78, 5) is 0. The summed E-state index contributed by atoms with van der Waals surface area (Å²) in [6.07, 6.45) is 18.1. The van der Waals surface area contributed by atoms with E-state index in [1.807, 2.05) is 0 Å². The van der Waals surface area contributed by atoms with Crippen LogP contribution in [0.2, 0.25) is 0 Å². The van der Waals surface area contributed by atoms with E-state index in [4.69, 9.17) is 0 Å². The van der Waals surface area contributed by atoms with Gasteiger partial charge >= 0.3 is 0 Å². The van der Waals surface area contributed by atoms with Gasteiger partial charge in [-0.15, -0.1) is 0 Å². The first-order chi connectivity index (χ1) is 12.8. The van der Waals surface area contributed by atoms with Gasteiger partial charge in [-0.1, -0.05) is 102 Å². The van der Waals surface area contributed by atoms with Gasteiger partial charge < -0.3 is 4.48 Å². The third-order valence-corrected chi connectivity index (χ3v) is 5.38. The molecule has 0 amide bonds. The Balaban J connectivity index is 2.34. The largest absolute Gasteiger partial charge is 0.313 e. The third kappa shape index (κ3) is 9.97. The molecule has 26 heavy (non-hydrogen) atoms. The van der Waals surface area contributed by atoms with Gasteiger partial charge in [0.05, 0.1) is 19.6 Å². The first kappa shape index (κ1) is 22.7. The van der Waals surface area contributed by atoms with Crippen molar-refractivity contribution in [3.05, 3.63) is 61.2 Å². The van der Waals surface area contributed by atoms with Crippen molar-refractivity contribution in [3.8, 4) is 0 Å². The number of unbranched alkanes of at least 4 members (excludes halogenated alkanes) is 9. The van der Waals surface area contributed by atoms with Crippen LogP contribution in [0.3, 0.4) is 0 Å². The van der Waals surface area contributed by atoms with Crippen molar-refractivity contribution in [2.24, 2.45) is 0 Å². The standard InChI is InChI=1S/C25H42N/c1-4-7-8-9-10-11-12-13-14-18-23-26(21-5-2,22-6-3)24-25-19-16-15-17-20-25/h5-6,15-17,19-20H,2-4,7-14,18,21-24H2,1H3/q+1. The summed E-state index contributed by atoms with van der Waals surface area (Å²) in [7, 11) is 0. The van der Waals surface area contributed by atoms with Crippen molar-refractivity contribution in [1.29, 1.82) is 0 Å². The summed E-state index contributed by atoms with van der Waals surface area (Å²) < 4.78 is 1.06. The van der Waals surface area contributed by atoms with Crippen molar-refractivity contribution in [3.63, 3.8) is 0 Å². The number of nitrogens with zero attached hydrogens (tertiary/aromatic N) is 1. The maximum atomic E-state index is 4.02. The molecule has 0 radical (unpaired) electrons. The maximum absolute atomic E-state index is 4.02. The zero-order chi connectivity index (χ0) is 18.9. The molecule has 1 rings (SSSR count). The predicted molar refractivity (Wildman–Crippen MR) is 117 cm³/mol. The average molecular weight is 357 g/mol. The number of hydrogen-bond acceptors (Lipinski definition) is 0. The van der Waals surface area contributed by atoms with Crippen molar-refractivity contribution < 1.29 is 4.48 Å². The molecule has 0 heterocycles. The SMILES string of the molecule is C=CC[N+](CC=C)(CCCCCCCCCCCC)Cc1ccccc1. The van der Waals surface area contributed by atoms with E-state index in [1.54, 1.807) is 0 Å². The van der Waals surface area contributed by atoms with Gasteiger partial charge in [0.1, 0.15) is 6.54 Å². The van der Waals surface area contributed by atoms with Crippen molar-refractivity contribution >= 4 is 0 Å². The monoisotopic (exact) mass is 356 g/mol. The maximum Gasteiger partial charge on any atom is 0.105 e. The van der Waals surface area contributed by atoms with Crippen LogP contribution >= 0.6 is 0 Å². The summed E-state index contributed by atoms with van der Waals surface area (Å²) in [5.41, 5.74) is 1.42. The van der Waals surface area contributed by atoms with E-state index in [1.165, 1.54) is 76.3 Å². The van der Waals surface area contributed by atoms with Gasteiger partial charge in [0.2, 0.25) is 0 Å². The van der Waals surface area contributed by atoms with E-state index in [9.17, 15) is 0 Å². The fourth-order valence-corrected chi connectivity index (χ4v) is 3.92. The number of quaternary nitrogens is 1. The second kappa shape index (κ2) is 14.8. The molecular weight excluding hydrogens is 314 g/mol. The van der Waals surface area contributed by atoms with Gasteiger partial charge in [0.15, 0.2) is 0 Å². The molecule has 1 heteroatoms. The van der Waals surface area contributed by atoms with Crippen LogP contribution in [0, 0.1) is 0 Å². The van der Waals surface area contributed by atoms with Gasteiger partial charge in [-0.25, -0.2) is 0 Å². The molecule has 0 fully saturated rings. The van der Waals surface area contributed by atoms with Gasteiger partial charge in [-0.3, -0.25) is 0 Å². The molecule has 0 saturated carbocycles. The van der Waals surface area contributed by atoms with Crippen LogP contribution in [0.4, 0.5) is 0 Å². The topological polar surface area (TPSA) is 0 Å². The highest BCUT2D eigenvalue weighted by Crippen LogP contribution is 2.18. The zero-order valence-electron chi connectivity index (χ0n) is 17.3. The third-order valence-electron chi connectivity index (χ3n) is 5.38. The fourth-order valence-electron chi connectivity index (χ4n) is 3.92. The lowest BCUT2D eigenvalue weighted by molar-refractivity contribution is -0.930. The lowest BCUT2D eigenvalue weighted by Gasteiger charge is -2.37. The summed E-state index contributed by atoms with van der Waals surface area (Å²) in [5, 5.41) is 0. The smallest absolute Gasteiger partial charge is 0.105 e. The van der Waals surface area contributed by atoms with Crippen molar-refractivity contribution in [2.45, 2.75) is 77.7 Å². The first-order valence-corrected chi connectivity index (χ1v) is 10.9. The molecule has 0 spiro atoms. The predicted octanol–water partition coefficient (Wildman–Crippen LogP) is 7.30. The van der Waals surface area contributed by atoms with E-state index in [0.717, 1.165) is 24.1 Å². The van der Waals surface area contributed by atoms with Crippen LogP contribution in [0.25, 0.3) is 0 Å². The minimum Gasteiger partial charge on any atom is -0.313 e. The van der Waals surface area contributed by atoms with Crippen molar-refractivity contribution in [2.75, 3.05) is 19.6 Å². The molecule has 0 atom stereocenters. The van der Waals surface area contributed by atoms with Gasteiger partial charge in [0.25, 0.3) is 0 Å². The summed E-state index contributed by atoms with van der Waals surface area (Å²) in [6.45, 7) is 14.7. The molecule has 0 aliphatic carbocycles. The Hall–Kier alpha value is -1.34. The van der Waals surface area contributed by atoms with Gasteiger partial charge in [-0.2, -0.15) is 0 Å². The van der Waals surface area contributed by atoms with E-state index < -0.39 is 0 Å². The van der Waals surface area contributed by atoms with E-state index in [0.29, 0.717) is 0 Å². The Bertz CT molecular complexity index is 452. The summed E-state index contributed by atoms with van der Waals surface area (Å²) in [6, 6.07) is 10.9. The summed E-state index contributed by atoms with van der Waals surface area (Å²) >= 11 is 0. The molecular formula is C25H42N+. The number of benzene rings is 1. The molecule has 0 aliphatic rings. The van der Waals surface area contributed by atoms with Crippen LogP contribution in [0.5, 0.6) is 0 Å². The second-order valence-electron chi connectivity index (χ2n) is 7.83. The molecule has 1 nitrogen and oxygen atoms in total. The minimum atomic E-state index is 1.03. The highest BCUT2D eigenvalue weighted by atomic mass is 15.3. The Kier molecular flexibility index (Phi) is 12.9. The Morgan fingerprint density at radius 2 is 1.23 bits per heavy atom. The highest BCUT2D eigenvalue weighted by molar-refractivity contribution is 5.13. The minimum absolute atomic E-state index is 1.03. The van der Waals surface area contributed by atoms with Gasteiger partial charge in [-0.05, 0) is 25.0 Å². The quantitative estimate of drug-likeness (QED) is 0.156. The second-order valence-corrected chi connectivity index (χ2v) is 7.83. The van der Waals surface area contributed by atoms with Gasteiger partial charge in [0, 0.05) is 5.56 Å². The van der Waals surface area contributed by atoms with E-state index in [2.05, 4.69) is 62.6 Å². The Morgan fingerprint density at radius 3 is 1.73 bits per heavy atom. The number of hydrogen-bond donors (Lipinski definition) is 0. The normalized spacial score (nSPS) is 11.4. The molecule has 0 aromatic heterocycles.